The minimum atomic E-state index is 0.0750. The van der Waals surface area contributed by atoms with E-state index < -0.39 is 0 Å². The van der Waals surface area contributed by atoms with Gasteiger partial charge < -0.3 is 15.8 Å². The number of nitrogens with zero attached hydrogens (tertiary/aromatic N) is 1. The molecule has 0 heterocycles. The van der Waals surface area contributed by atoms with Crippen LogP contribution in [0.4, 0.5) is 11.4 Å². The van der Waals surface area contributed by atoms with E-state index in [0.717, 1.165) is 0 Å². The molecule has 0 aliphatic heterocycles. The van der Waals surface area contributed by atoms with Gasteiger partial charge in [0.1, 0.15) is 5.75 Å². The van der Waals surface area contributed by atoms with Crippen LogP contribution in [0.3, 0.4) is 0 Å². The van der Waals surface area contributed by atoms with Crippen molar-refractivity contribution in [2.45, 2.75) is 20.8 Å². The van der Waals surface area contributed by atoms with Crippen LogP contribution in [-0.4, -0.2) is 11.7 Å². The van der Waals surface area contributed by atoms with Crippen LogP contribution in [0.1, 0.15) is 20.8 Å². The second kappa shape index (κ2) is 4.51. The molecule has 0 aliphatic rings. The largest absolute Gasteiger partial charge is 0.507 e. The number of rotatable bonds is 2. The van der Waals surface area contributed by atoms with Gasteiger partial charge in [-0.1, -0.05) is 20.8 Å². The first-order valence-electron chi connectivity index (χ1n) is 5.01. The normalized spacial score (nSPS) is 11.6. The number of nitrogen functional groups attached to an aromatic ring is 1. The van der Waals surface area contributed by atoms with Gasteiger partial charge in [0.15, 0.2) is 0 Å². The van der Waals surface area contributed by atoms with Crippen LogP contribution < -0.4 is 16.6 Å². The van der Waals surface area contributed by atoms with Gasteiger partial charge in [-0.2, -0.15) is 0 Å². The number of benzene rings is 1. The Morgan fingerprint density at radius 1 is 1.38 bits per heavy atom. The van der Waals surface area contributed by atoms with E-state index in [9.17, 15) is 5.11 Å². The molecule has 0 spiro atoms. The number of aromatic hydroxyl groups is 1. The number of anilines is 2. The maximum atomic E-state index is 9.45. The smallest absolute Gasteiger partial charge is 0.132 e. The highest BCUT2D eigenvalue weighted by molar-refractivity contribution is 9.10. The minimum absolute atomic E-state index is 0.0750. The SMILES string of the molecule is CC(C)(C)CN(N)c1ccc(O)c(Br)c1N. The molecule has 90 valence electrons. The third kappa shape index (κ3) is 3.02. The van der Waals surface area contributed by atoms with E-state index in [1.54, 1.807) is 17.1 Å². The number of phenolic OH excluding ortho intramolecular Hbond substituents is 1. The average molecular weight is 288 g/mol. The number of halogens is 1. The lowest BCUT2D eigenvalue weighted by Gasteiger charge is -2.28. The van der Waals surface area contributed by atoms with Gasteiger partial charge in [-0.15, -0.1) is 0 Å². The third-order valence-corrected chi connectivity index (χ3v) is 2.92. The Morgan fingerprint density at radius 3 is 2.44 bits per heavy atom. The highest BCUT2D eigenvalue weighted by Gasteiger charge is 2.17. The van der Waals surface area contributed by atoms with Gasteiger partial charge in [0.25, 0.3) is 0 Å². The number of nitrogens with two attached hydrogens (primary N) is 2. The van der Waals surface area contributed by atoms with Crippen LogP contribution in [0, 0.1) is 5.41 Å². The van der Waals surface area contributed by atoms with E-state index in [-0.39, 0.29) is 11.2 Å². The molecule has 0 amide bonds. The molecule has 0 saturated carbocycles. The zero-order chi connectivity index (χ0) is 12.5. The molecular weight excluding hydrogens is 270 g/mol. The Morgan fingerprint density at radius 2 is 1.94 bits per heavy atom. The molecule has 0 aliphatic carbocycles. The molecule has 0 aromatic heterocycles. The molecule has 16 heavy (non-hydrogen) atoms. The van der Waals surface area contributed by atoms with E-state index in [2.05, 4.69) is 36.7 Å². The lowest BCUT2D eigenvalue weighted by atomic mass is 9.96. The van der Waals surface area contributed by atoms with Crippen molar-refractivity contribution in [3.8, 4) is 5.75 Å². The van der Waals surface area contributed by atoms with Gasteiger partial charge in [0, 0.05) is 6.54 Å². The summed E-state index contributed by atoms with van der Waals surface area (Å²) in [6.45, 7) is 6.96. The molecule has 0 unspecified atom stereocenters. The summed E-state index contributed by atoms with van der Waals surface area (Å²) in [7, 11) is 0. The van der Waals surface area contributed by atoms with Gasteiger partial charge in [0.2, 0.25) is 0 Å². The zero-order valence-electron chi connectivity index (χ0n) is 9.79. The summed E-state index contributed by atoms with van der Waals surface area (Å²) in [4.78, 5) is 0. The second-order valence-corrected chi connectivity index (χ2v) is 5.81. The first kappa shape index (κ1) is 13.1. The lowest BCUT2D eigenvalue weighted by molar-refractivity contribution is 0.412. The van der Waals surface area contributed by atoms with Crippen LogP contribution >= 0.6 is 15.9 Å². The van der Waals surface area contributed by atoms with Gasteiger partial charge in [-0.25, -0.2) is 5.84 Å². The highest BCUT2D eigenvalue weighted by atomic mass is 79.9. The molecule has 0 atom stereocenters. The van der Waals surface area contributed by atoms with Crippen LogP contribution in [0.5, 0.6) is 5.75 Å². The maximum Gasteiger partial charge on any atom is 0.132 e. The van der Waals surface area contributed by atoms with Crippen molar-refractivity contribution in [1.29, 1.82) is 0 Å². The fourth-order valence-electron chi connectivity index (χ4n) is 1.42. The summed E-state index contributed by atoms with van der Waals surface area (Å²) in [5.74, 6) is 6.07. The Balaban J connectivity index is 3.01. The third-order valence-electron chi connectivity index (χ3n) is 2.09. The average Bonchev–Trinajstić information content (AvgIpc) is 2.11. The quantitative estimate of drug-likeness (QED) is 0.444. The predicted octanol–water partition coefficient (Wildman–Crippen LogP) is 2.46. The molecule has 0 bridgehead atoms. The highest BCUT2D eigenvalue weighted by Crippen LogP contribution is 2.36. The van der Waals surface area contributed by atoms with Gasteiger partial charge in [-0.3, -0.25) is 0 Å². The summed E-state index contributed by atoms with van der Waals surface area (Å²) in [5.41, 5.74) is 7.11. The summed E-state index contributed by atoms with van der Waals surface area (Å²) >= 11 is 3.22. The van der Waals surface area contributed by atoms with E-state index in [1.807, 2.05) is 0 Å². The Kier molecular flexibility index (Phi) is 3.70. The second-order valence-electron chi connectivity index (χ2n) is 5.02. The molecule has 1 aromatic carbocycles. The van der Waals surface area contributed by atoms with E-state index in [4.69, 9.17) is 11.6 Å². The standard InChI is InChI=1S/C11H18BrN3O/c1-11(2,3)6-15(14)7-4-5-8(16)9(12)10(7)13/h4-5,16H,6,13-14H2,1-3H3. The first-order chi connectivity index (χ1) is 7.22. The van der Waals surface area contributed by atoms with E-state index >= 15 is 0 Å². The summed E-state index contributed by atoms with van der Waals surface area (Å²) in [6.07, 6.45) is 0. The van der Waals surface area contributed by atoms with Crippen molar-refractivity contribution in [3.05, 3.63) is 16.6 Å². The lowest BCUT2D eigenvalue weighted by Crippen LogP contribution is -2.38. The van der Waals surface area contributed by atoms with Gasteiger partial charge in [0.05, 0.1) is 15.8 Å². The van der Waals surface area contributed by atoms with Crippen LogP contribution in [0.15, 0.2) is 16.6 Å². The number of phenols is 1. The van der Waals surface area contributed by atoms with Crippen LogP contribution in [0.25, 0.3) is 0 Å². The molecule has 5 heteroatoms. The van der Waals surface area contributed by atoms with Crippen molar-refractivity contribution in [1.82, 2.24) is 0 Å². The van der Waals surface area contributed by atoms with Crippen molar-refractivity contribution in [2.24, 2.45) is 11.3 Å². The van der Waals surface area contributed by atoms with E-state index in [0.29, 0.717) is 22.4 Å². The monoisotopic (exact) mass is 287 g/mol. The van der Waals surface area contributed by atoms with Crippen LogP contribution in [0.2, 0.25) is 0 Å². The summed E-state index contributed by atoms with van der Waals surface area (Å²) in [6, 6.07) is 3.28. The van der Waals surface area contributed by atoms with Crippen LogP contribution in [-0.2, 0) is 0 Å². The van der Waals surface area contributed by atoms with Crippen molar-refractivity contribution < 1.29 is 5.11 Å². The van der Waals surface area contributed by atoms with Crippen molar-refractivity contribution in [3.63, 3.8) is 0 Å². The molecule has 0 radical (unpaired) electrons. The molecule has 0 saturated heterocycles. The Hall–Kier alpha value is -0.940. The fourth-order valence-corrected chi connectivity index (χ4v) is 1.75. The summed E-state index contributed by atoms with van der Waals surface area (Å²) in [5, 5.41) is 11.0. The molecule has 1 aromatic rings. The minimum Gasteiger partial charge on any atom is -0.507 e. The maximum absolute atomic E-state index is 9.45. The molecule has 5 N–H and O–H groups in total. The first-order valence-corrected chi connectivity index (χ1v) is 5.81. The zero-order valence-corrected chi connectivity index (χ0v) is 11.4. The topological polar surface area (TPSA) is 75.5 Å². The van der Waals surface area contributed by atoms with E-state index in [1.165, 1.54) is 0 Å². The number of hydrogen-bond donors (Lipinski definition) is 3. The molecule has 1 rings (SSSR count). The Labute approximate surface area is 104 Å². The predicted molar refractivity (Wildman–Crippen MR) is 71.2 cm³/mol. The number of hydrogen-bond acceptors (Lipinski definition) is 4. The molecule has 0 fully saturated rings. The summed E-state index contributed by atoms with van der Waals surface area (Å²) < 4.78 is 0.481. The fraction of sp³-hybridized carbons (Fsp3) is 0.455. The molecule has 4 nitrogen and oxygen atoms in total. The van der Waals surface area contributed by atoms with Crippen molar-refractivity contribution >= 4 is 27.3 Å². The molecular formula is C11H18BrN3O. The van der Waals surface area contributed by atoms with Crippen molar-refractivity contribution in [2.75, 3.05) is 17.3 Å². The Bertz CT molecular complexity index is 388. The van der Waals surface area contributed by atoms with Gasteiger partial charge >= 0.3 is 0 Å². The van der Waals surface area contributed by atoms with Gasteiger partial charge in [-0.05, 0) is 33.5 Å². The number of hydrazine groups is 1.